The molecule has 0 unspecified atom stereocenters. The summed E-state index contributed by atoms with van der Waals surface area (Å²) in [5.41, 5.74) is 5.59. The normalized spacial score (nSPS) is 11.8. The molecule has 0 aliphatic rings. The number of hydrogen-bond acceptors (Lipinski definition) is 3. The molecular formula is C15H25FN2O2S. The Bertz CT molecular complexity index is 532. The lowest BCUT2D eigenvalue weighted by atomic mass is 10.1. The largest absolute Gasteiger partial charge is 0.326 e. The number of nitrogens with two attached hydrogens (primary N) is 1. The van der Waals surface area contributed by atoms with Crippen LogP contribution in [0.1, 0.15) is 51.0 Å². The Labute approximate surface area is 127 Å². The Kier molecular flexibility index (Phi) is 7.85. The van der Waals surface area contributed by atoms with Crippen LogP contribution >= 0.6 is 0 Å². The van der Waals surface area contributed by atoms with Gasteiger partial charge >= 0.3 is 0 Å². The van der Waals surface area contributed by atoms with E-state index < -0.39 is 15.8 Å². The van der Waals surface area contributed by atoms with Gasteiger partial charge in [-0.1, -0.05) is 39.0 Å². The second-order valence-electron chi connectivity index (χ2n) is 5.12. The standard InChI is InChI=1S/C15H25FN2O2S/c1-2-3-4-5-6-7-10-18-21(19,20)14-8-9-15(16)13(11-14)12-17/h8-9,11,18H,2-7,10,12,17H2,1H3. The Balaban J connectivity index is 2.46. The van der Waals surface area contributed by atoms with Crippen molar-refractivity contribution >= 4 is 10.0 Å². The monoisotopic (exact) mass is 316 g/mol. The first-order valence-electron chi connectivity index (χ1n) is 7.49. The van der Waals surface area contributed by atoms with E-state index in [9.17, 15) is 12.8 Å². The Morgan fingerprint density at radius 1 is 1.14 bits per heavy atom. The van der Waals surface area contributed by atoms with E-state index in [1.807, 2.05) is 0 Å². The van der Waals surface area contributed by atoms with Crippen molar-refractivity contribution in [3.8, 4) is 0 Å². The molecule has 1 aromatic rings. The van der Waals surface area contributed by atoms with E-state index in [1.54, 1.807) is 0 Å². The Morgan fingerprint density at radius 2 is 1.81 bits per heavy atom. The lowest BCUT2D eigenvalue weighted by Crippen LogP contribution is -2.25. The number of halogens is 1. The number of unbranched alkanes of at least 4 members (excludes halogenated alkanes) is 5. The maximum Gasteiger partial charge on any atom is 0.240 e. The quantitative estimate of drug-likeness (QED) is 0.652. The number of sulfonamides is 1. The van der Waals surface area contributed by atoms with Crippen LogP contribution in [0, 0.1) is 5.82 Å². The second kappa shape index (κ2) is 9.12. The van der Waals surface area contributed by atoms with E-state index in [4.69, 9.17) is 5.73 Å². The van der Waals surface area contributed by atoms with E-state index in [0.717, 1.165) is 25.3 Å². The predicted octanol–water partition coefficient (Wildman–Crippen LogP) is 2.92. The number of hydrogen-bond donors (Lipinski definition) is 2. The van der Waals surface area contributed by atoms with Crippen molar-refractivity contribution in [2.45, 2.75) is 56.9 Å². The molecule has 3 N–H and O–H groups in total. The number of nitrogens with one attached hydrogen (secondary N) is 1. The molecule has 0 heterocycles. The van der Waals surface area contributed by atoms with Gasteiger partial charge in [-0.2, -0.15) is 0 Å². The van der Waals surface area contributed by atoms with Crippen LogP contribution in [0.2, 0.25) is 0 Å². The third-order valence-corrected chi connectivity index (χ3v) is 4.83. The first kappa shape index (κ1) is 18.1. The number of rotatable bonds is 10. The van der Waals surface area contributed by atoms with Gasteiger partial charge in [-0.3, -0.25) is 0 Å². The van der Waals surface area contributed by atoms with Gasteiger partial charge in [0.15, 0.2) is 0 Å². The molecule has 0 aliphatic heterocycles. The molecular weight excluding hydrogens is 291 g/mol. The second-order valence-corrected chi connectivity index (χ2v) is 6.89. The average Bonchev–Trinajstić information content (AvgIpc) is 2.46. The summed E-state index contributed by atoms with van der Waals surface area (Å²) >= 11 is 0. The summed E-state index contributed by atoms with van der Waals surface area (Å²) < 4.78 is 40.0. The first-order chi connectivity index (χ1) is 10.0. The third-order valence-electron chi connectivity index (χ3n) is 3.37. The Morgan fingerprint density at radius 3 is 2.48 bits per heavy atom. The highest BCUT2D eigenvalue weighted by Gasteiger charge is 2.15. The summed E-state index contributed by atoms with van der Waals surface area (Å²) in [6.45, 7) is 2.54. The summed E-state index contributed by atoms with van der Waals surface area (Å²) in [5.74, 6) is -0.479. The molecule has 1 rings (SSSR count). The molecule has 4 nitrogen and oxygen atoms in total. The van der Waals surface area contributed by atoms with E-state index in [2.05, 4.69) is 11.6 Å². The summed E-state index contributed by atoms with van der Waals surface area (Å²) in [4.78, 5) is 0.0651. The summed E-state index contributed by atoms with van der Waals surface area (Å²) in [6.07, 6.45) is 6.57. The molecule has 0 amide bonds. The zero-order chi connectivity index (χ0) is 15.7. The number of benzene rings is 1. The van der Waals surface area contributed by atoms with E-state index in [1.165, 1.54) is 31.4 Å². The molecule has 21 heavy (non-hydrogen) atoms. The first-order valence-corrected chi connectivity index (χ1v) is 8.97. The molecule has 0 radical (unpaired) electrons. The Hall–Kier alpha value is -0.980. The van der Waals surface area contributed by atoms with Crippen LogP contribution < -0.4 is 10.5 Å². The minimum Gasteiger partial charge on any atom is -0.326 e. The molecule has 0 aromatic heterocycles. The van der Waals surface area contributed by atoms with Crippen molar-refractivity contribution in [1.82, 2.24) is 4.72 Å². The van der Waals surface area contributed by atoms with Crippen LogP contribution in [0.5, 0.6) is 0 Å². The fraction of sp³-hybridized carbons (Fsp3) is 0.600. The van der Waals surface area contributed by atoms with Gasteiger partial charge in [0.25, 0.3) is 0 Å². The molecule has 0 spiro atoms. The van der Waals surface area contributed by atoms with Crippen molar-refractivity contribution < 1.29 is 12.8 Å². The zero-order valence-electron chi connectivity index (χ0n) is 12.6. The van der Waals surface area contributed by atoms with Crippen molar-refractivity contribution in [3.05, 3.63) is 29.6 Å². The van der Waals surface area contributed by atoms with Crippen LogP contribution in [-0.4, -0.2) is 15.0 Å². The van der Waals surface area contributed by atoms with Crippen LogP contribution in [0.3, 0.4) is 0 Å². The van der Waals surface area contributed by atoms with Crippen molar-refractivity contribution in [1.29, 1.82) is 0 Å². The molecule has 0 aliphatic carbocycles. The summed E-state index contributed by atoms with van der Waals surface area (Å²) in [5, 5.41) is 0. The zero-order valence-corrected chi connectivity index (χ0v) is 13.4. The minimum atomic E-state index is -3.58. The SMILES string of the molecule is CCCCCCCCNS(=O)(=O)c1ccc(F)c(CN)c1. The maximum atomic E-state index is 13.3. The van der Waals surface area contributed by atoms with Crippen LogP contribution in [0.15, 0.2) is 23.1 Å². The van der Waals surface area contributed by atoms with Gasteiger partial charge in [0.05, 0.1) is 4.90 Å². The highest BCUT2D eigenvalue weighted by molar-refractivity contribution is 7.89. The highest BCUT2D eigenvalue weighted by Crippen LogP contribution is 2.15. The molecule has 0 saturated heterocycles. The van der Waals surface area contributed by atoms with Gasteiger partial charge < -0.3 is 5.73 Å². The lowest BCUT2D eigenvalue weighted by Gasteiger charge is -2.08. The van der Waals surface area contributed by atoms with Gasteiger partial charge in [0, 0.05) is 18.7 Å². The predicted molar refractivity (Wildman–Crippen MR) is 82.9 cm³/mol. The van der Waals surface area contributed by atoms with Gasteiger partial charge in [-0.15, -0.1) is 0 Å². The van der Waals surface area contributed by atoms with Crippen LogP contribution in [0.4, 0.5) is 4.39 Å². The van der Waals surface area contributed by atoms with E-state index in [0.29, 0.717) is 6.54 Å². The van der Waals surface area contributed by atoms with Crippen molar-refractivity contribution in [2.24, 2.45) is 5.73 Å². The highest BCUT2D eigenvalue weighted by atomic mass is 32.2. The fourth-order valence-corrected chi connectivity index (χ4v) is 3.19. The topological polar surface area (TPSA) is 72.2 Å². The lowest BCUT2D eigenvalue weighted by molar-refractivity contribution is 0.566. The summed E-state index contributed by atoms with van der Waals surface area (Å²) in [7, 11) is -3.58. The van der Waals surface area contributed by atoms with Crippen LogP contribution in [0.25, 0.3) is 0 Å². The minimum absolute atomic E-state index is 0.0212. The van der Waals surface area contributed by atoms with Crippen LogP contribution in [-0.2, 0) is 16.6 Å². The van der Waals surface area contributed by atoms with Gasteiger partial charge in [0.1, 0.15) is 5.82 Å². The molecule has 0 atom stereocenters. The molecule has 0 saturated carbocycles. The molecule has 1 aromatic carbocycles. The summed E-state index contributed by atoms with van der Waals surface area (Å²) in [6, 6.07) is 3.69. The third kappa shape index (κ3) is 6.11. The van der Waals surface area contributed by atoms with Gasteiger partial charge in [0.2, 0.25) is 10.0 Å². The van der Waals surface area contributed by atoms with Gasteiger partial charge in [-0.25, -0.2) is 17.5 Å². The molecule has 0 fully saturated rings. The fourth-order valence-electron chi connectivity index (χ4n) is 2.07. The average molecular weight is 316 g/mol. The van der Waals surface area contributed by atoms with Gasteiger partial charge in [-0.05, 0) is 24.6 Å². The van der Waals surface area contributed by atoms with Crippen molar-refractivity contribution in [3.63, 3.8) is 0 Å². The maximum absolute atomic E-state index is 13.3. The van der Waals surface area contributed by atoms with Crippen molar-refractivity contribution in [2.75, 3.05) is 6.54 Å². The molecule has 0 bridgehead atoms. The smallest absolute Gasteiger partial charge is 0.240 e. The van der Waals surface area contributed by atoms with E-state index in [-0.39, 0.29) is 17.0 Å². The molecule has 6 heteroatoms. The van der Waals surface area contributed by atoms with E-state index >= 15 is 0 Å². The molecule has 120 valence electrons.